The van der Waals surface area contributed by atoms with Gasteiger partial charge in [0.25, 0.3) is 5.91 Å². The standard InChI is InChI=1S/C19H19FN4O5/c1-10-22-13(14-8-17(29-24-14)19(26)28-3)7-15(23-10)18(25)21-9-11-4-5-12(20)16(6-11)27-2/h4-7,17H,8-9H2,1-3H3,(H,21,25). The summed E-state index contributed by atoms with van der Waals surface area (Å²) in [5, 5.41) is 6.58. The van der Waals surface area contributed by atoms with Crippen molar-refractivity contribution in [2.45, 2.75) is 26.0 Å². The molecule has 0 aliphatic carbocycles. The van der Waals surface area contributed by atoms with Crippen LogP contribution in [0, 0.1) is 12.7 Å². The zero-order valence-electron chi connectivity index (χ0n) is 16.1. The number of oxime groups is 1. The number of nitrogens with zero attached hydrogens (tertiary/aromatic N) is 3. The number of nitrogens with one attached hydrogen (secondary N) is 1. The van der Waals surface area contributed by atoms with Crippen molar-refractivity contribution in [2.75, 3.05) is 14.2 Å². The van der Waals surface area contributed by atoms with Gasteiger partial charge < -0.3 is 19.6 Å². The van der Waals surface area contributed by atoms with E-state index in [0.717, 1.165) is 0 Å². The summed E-state index contributed by atoms with van der Waals surface area (Å²) in [6.45, 7) is 1.79. The van der Waals surface area contributed by atoms with Crippen molar-refractivity contribution in [3.05, 3.63) is 52.9 Å². The largest absolute Gasteiger partial charge is 0.494 e. The molecule has 3 rings (SSSR count). The number of methoxy groups -OCH3 is 2. The molecule has 29 heavy (non-hydrogen) atoms. The Bertz CT molecular complexity index is 979. The van der Waals surface area contributed by atoms with E-state index in [1.807, 2.05) is 0 Å². The molecule has 1 atom stereocenters. The van der Waals surface area contributed by atoms with E-state index in [-0.39, 0.29) is 24.4 Å². The Hall–Kier alpha value is -3.56. The van der Waals surface area contributed by atoms with Crippen molar-refractivity contribution in [3.63, 3.8) is 0 Å². The quantitative estimate of drug-likeness (QED) is 0.729. The van der Waals surface area contributed by atoms with Gasteiger partial charge in [0.15, 0.2) is 11.6 Å². The number of aryl methyl sites for hydroxylation is 1. The van der Waals surface area contributed by atoms with Gasteiger partial charge in [-0.3, -0.25) is 4.79 Å². The lowest BCUT2D eigenvalue weighted by Gasteiger charge is -2.09. The second-order valence-electron chi connectivity index (χ2n) is 6.20. The van der Waals surface area contributed by atoms with Crippen LogP contribution in [0.4, 0.5) is 4.39 Å². The van der Waals surface area contributed by atoms with Crippen LogP contribution in [0.25, 0.3) is 0 Å². The second kappa shape index (κ2) is 8.63. The second-order valence-corrected chi connectivity index (χ2v) is 6.20. The van der Waals surface area contributed by atoms with E-state index in [9.17, 15) is 14.0 Å². The lowest BCUT2D eigenvalue weighted by Crippen LogP contribution is -2.25. The zero-order valence-corrected chi connectivity index (χ0v) is 16.1. The maximum atomic E-state index is 13.5. The van der Waals surface area contributed by atoms with E-state index in [1.165, 1.54) is 32.4 Å². The van der Waals surface area contributed by atoms with Crippen LogP contribution in [0.5, 0.6) is 5.75 Å². The van der Waals surface area contributed by atoms with Crippen molar-refractivity contribution in [1.29, 1.82) is 0 Å². The highest BCUT2D eigenvalue weighted by Crippen LogP contribution is 2.19. The molecule has 10 heteroatoms. The molecule has 0 fully saturated rings. The monoisotopic (exact) mass is 402 g/mol. The SMILES string of the molecule is COC(=O)C1CC(c2cc(C(=O)NCc3ccc(F)c(OC)c3)nc(C)n2)=NO1. The van der Waals surface area contributed by atoms with E-state index in [0.29, 0.717) is 22.8 Å². The van der Waals surface area contributed by atoms with E-state index in [4.69, 9.17) is 9.57 Å². The summed E-state index contributed by atoms with van der Waals surface area (Å²) in [5.41, 5.74) is 1.60. The third-order valence-corrected chi connectivity index (χ3v) is 4.17. The Morgan fingerprint density at radius 1 is 1.28 bits per heavy atom. The number of carbonyl (C=O) groups excluding carboxylic acids is 2. The lowest BCUT2D eigenvalue weighted by atomic mass is 10.1. The molecular formula is C19H19FN4O5. The van der Waals surface area contributed by atoms with Gasteiger partial charge in [0.1, 0.15) is 17.2 Å². The van der Waals surface area contributed by atoms with Crippen molar-refractivity contribution in [3.8, 4) is 5.75 Å². The van der Waals surface area contributed by atoms with Crippen molar-refractivity contribution < 1.29 is 28.3 Å². The Morgan fingerprint density at radius 2 is 2.07 bits per heavy atom. The molecule has 152 valence electrons. The molecule has 1 aromatic carbocycles. The topological polar surface area (TPSA) is 112 Å². The van der Waals surface area contributed by atoms with Crippen LogP contribution < -0.4 is 10.1 Å². The predicted octanol–water partition coefficient (Wildman–Crippen LogP) is 1.53. The number of aromatic nitrogens is 2. The molecule has 1 aliphatic heterocycles. The van der Waals surface area contributed by atoms with Crippen molar-refractivity contribution in [1.82, 2.24) is 15.3 Å². The van der Waals surface area contributed by atoms with Gasteiger partial charge in [-0.05, 0) is 30.7 Å². The summed E-state index contributed by atoms with van der Waals surface area (Å²) < 4.78 is 23.1. The van der Waals surface area contributed by atoms with Gasteiger partial charge in [-0.2, -0.15) is 0 Å². The van der Waals surface area contributed by atoms with Gasteiger partial charge in [-0.1, -0.05) is 11.2 Å². The van der Waals surface area contributed by atoms with Gasteiger partial charge in [-0.25, -0.2) is 19.2 Å². The first-order valence-electron chi connectivity index (χ1n) is 8.68. The number of rotatable bonds is 6. The summed E-state index contributed by atoms with van der Waals surface area (Å²) in [6.07, 6.45) is -0.657. The Labute approximate surface area is 165 Å². The third kappa shape index (κ3) is 4.65. The molecule has 1 N–H and O–H groups in total. The highest BCUT2D eigenvalue weighted by Gasteiger charge is 2.30. The molecule has 0 saturated heterocycles. The molecule has 0 saturated carbocycles. The molecule has 0 bridgehead atoms. The number of carbonyl (C=O) groups is 2. The van der Waals surface area contributed by atoms with Gasteiger partial charge in [0.05, 0.1) is 19.9 Å². The molecule has 0 spiro atoms. The van der Waals surface area contributed by atoms with Gasteiger partial charge in [-0.15, -0.1) is 0 Å². The third-order valence-electron chi connectivity index (χ3n) is 4.17. The fraction of sp³-hybridized carbons (Fsp3) is 0.316. The number of amides is 1. The van der Waals surface area contributed by atoms with Gasteiger partial charge in [0, 0.05) is 13.0 Å². The van der Waals surface area contributed by atoms with Crippen LogP contribution in [-0.2, 0) is 20.9 Å². The molecule has 1 amide bonds. The summed E-state index contributed by atoms with van der Waals surface area (Å²) in [5.74, 6) is -1.01. The first-order valence-corrected chi connectivity index (χ1v) is 8.68. The molecule has 2 heterocycles. The summed E-state index contributed by atoms with van der Waals surface area (Å²) in [7, 11) is 2.63. The highest BCUT2D eigenvalue weighted by molar-refractivity contribution is 6.03. The Kier molecular flexibility index (Phi) is 6.01. The molecule has 1 aliphatic rings. The number of hydrogen-bond donors (Lipinski definition) is 1. The number of benzene rings is 1. The molecular weight excluding hydrogens is 383 g/mol. The van der Waals surface area contributed by atoms with Crippen LogP contribution in [0.3, 0.4) is 0 Å². The lowest BCUT2D eigenvalue weighted by molar-refractivity contribution is -0.152. The van der Waals surface area contributed by atoms with Gasteiger partial charge >= 0.3 is 5.97 Å². The van der Waals surface area contributed by atoms with Crippen LogP contribution in [0.15, 0.2) is 29.4 Å². The smallest absolute Gasteiger partial charge is 0.350 e. The number of esters is 1. The maximum absolute atomic E-state index is 13.5. The minimum atomic E-state index is -0.837. The zero-order chi connectivity index (χ0) is 21.0. The first-order chi connectivity index (χ1) is 13.9. The van der Waals surface area contributed by atoms with E-state index >= 15 is 0 Å². The number of halogens is 1. The Morgan fingerprint density at radius 3 is 2.79 bits per heavy atom. The molecule has 0 radical (unpaired) electrons. The summed E-state index contributed by atoms with van der Waals surface area (Å²) in [4.78, 5) is 37.6. The minimum Gasteiger partial charge on any atom is -0.494 e. The average molecular weight is 402 g/mol. The predicted molar refractivity (Wildman–Crippen MR) is 98.9 cm³/mol. The van der Waals surface area contributed by atoms with Crippen LogP contribution in [0.2, 0.25) is 0 Å². The van der Waals surface area contributed by atoms with E-state index in [2.05, 4.69) is 25.2 Å². The van der Waals surface area contributed by atoms with Crippen LogP contribution in [0.1, 0.15) is 34.0 Å². The summed E-state index contributed by atoms with van der Waals surface area (Å²) in [6, 6.07) is 5.79. The fourth-order valence-electron chi connectivity index (χ4n) is 2.71. The Balaban J connectivity index is 1.71. The molecule has 1 aromatic heterocycles. The average Bonchev–Trinajstić information content (AvgIpc) is 3.22. The molecule has 1 unspecified atom stereocenters. The minimum absolute atomic E-state index is 0.0938. The van der Waals surface area contributed by atoms with Crippen LogP contribution in [-0.4, -0.2) is 47.9 Å². The molecule has 2 aromatic rings. The van der Waals surface area contributed by atoms with E-state index in [1.54, 1.807) is 13.0 Å². The van der Waals surface area contributed by atoms with Crippen molar-refractivity contribution >= 4 is 17.6 Å². The van der Waals surface area contributed by atoms with Gasteiger partial charge in [0.2, 0.25) is 6.10 Å². The number of hydrogen-bond acceptors (Lipinski definition) is 8. The normalized spacial score (nSPS) is 15.3. The summed E-state index contributed by atoms with van der Waals surface area (Å²) >= 11 is 0. The van der Waals surface area contributed by atoms with Crippen LogP contribution >= 0.6 is 0 Å². The maximum Gasteiger partial charge on any atom is 0.350 e. The van der Waals surface area contributed by atoms with Crippen molar-refractivity contribution in [2.24, 2.45) is 5.16 Å². The fourth-order valence-corrected chi connectivity index (χ4v) is 2.71. The highest BCUT2D eigenvalue weighted by atomic mass is 19.1. The number of ether oxygens (including phenoxy) is 2. The first kappa shape index (κ1) is 20.2. The van der Waals surface area contributed by atoms with E-state index < -0.39 is 23.8 Å². The molecule has 9 nitrogen and oxygen atoms in total.